The minimum Gasteiger partial charge on any atom is -0.355 e. The molecular weight excluding hydrogens is 344 g/mol. The Bertz CT molecular complexity index is 971. The number of rotatable bonds is 5. The number of benzene rings is 1. The number of para-hydroxylation sites is 1. The van der Waals surface area contributed by atoms with Crippen molar-refractivity contribution in [3.05, 3.63) is 52.5 Å². The summed E-state index contributed by atoms with van der Waals surface area (Å²) in [5.74, 6) is 0.580. The predicted molar refractivity (Wildman–Crippen MR) is 95.9 cm³/mol. The molecule has 1 N–H and O–H groups in total. The second-order valence-electron chi connectivity index (χ2n) is 5.48. The van der Waals surface area contributed by atoms with E-state index in [2.05, 4.69) is 9.88 Å². The molecule has 7 heteroatoms. The molecule has 0 spiro atoms. The van der Waals surface area contributed by atoms with Crippen LogP contribution in [0.1, 0.15) is 23.1 Å². The monoisotopic (exact) mass is 362 g/mol. The van der Waals surface area contributed by atoms with E-state index in [1.54, 1.807) is 25.1 Å². The first-order chi connectivity index (χ1) is 11.4. The number of aromatic nitrogens is 1. The van der Waals surface area contributed by atoms with E-state index in [4.69, 9.17) is 4.52 Å². The highest BCUT2D eigenvalue weighted by Gasteiger charge is 2.22. The molecule has 1 aromatic carbocycles. The summed E-state index contributed by atoms with van der Waals surface area (Å²) in [4.78, 5) is 1.72. The second kappa shape index (κ2) is 6.41. The lowest BCUT2D eigenvalue weighted by molar-refractivity contribution is 0.428. The van der Waals surface area contributed by atoms with Gasteiger partial charge in [-0.1, -0.05) is 30.3 Å². The molecule has 24 heavy (non-hydrogen) atoms. The van der Waals surface area contributed by atoms with Crippen LogP contribution in [0, 0.1) is 13.8 Å². The van der Waals surface area contributed by atoms with E-state index in [0.29, 0.717) is 16.3 Å². The molecule has 0 fully saturated rings. The summed E-state index contributed by atoms with van der Waals surface area (Å²) in [7, 11) is -3.66. The molecular formula is C17H18N2O3S2. The zero-order valence-corrected chi connectivity index (χ0v) is 15.3. The first-order valence-corrected chi connectivity index (χ1v) is 9.85. The van der Waals surface area contributed by atoms with Gasteiger partial charge in [-0.3, -0.25) is 4.72 Å². The van der Waals surface area contributed by atoms with Crippen molar-refractivity contribution < 1.29 is 12.9 Å². The standard InChI is InChI=1S/C17H18N2O3S2/c1-4-13-7-5-6-8-14(13)19-24(20,21)17-10-16(23-12(17)3)15-9-11(2)18-22-15/h5-10,19H,4H2,1-3H3. The minimum atomic E-state index is -3.66. The van der Waals surface area contributed by atoms with Gasteiger partial charge in [0.15, 0.2) is 5.76 Å². The van der Waals surface area contributed by atoms with Crippen molar-refractivity contribution in [3.63, 3.8) is 0 Å². The first-order valence-electron chi connectivity index (χ1n) is 7.55. The van der Waals surface area contributed by atoms with Gasteiger partial charge in [0, 0.05) is 10.9 Å². The molecule has 3 rings (SSSR count). The van der Waals surface area contributed by atoms with Crippen molar-refractivity contribution in [2.75, 3.05) is 4.72 Å². The van der Waals surface area contributed by atoms with Gasteiger partial charge in [-0.15, -0.1) is 11.3 Å². The zero-order chi connectivity index (χ0) is 17.3. The lowest BCUT2D eigenvalue weighted by Gasteiger charge is -2.11. The van der Waals surface area contributed by atoms with Crippen LogP contribution in [0.15, 0.2) is 45.8 Å². The molecule has 0 aliphatic carbocycles. The number of nitrogens with one attached hydrogen (secondary N) is 1. The maximum Gasteiger partial charge on any atom is 0.263 e. The average Bonchev–Trinajstić information content (AvgIpc) is 3.13. The highest BCUT2D eigenvalue weighted by molar-refractivity contribution is 7.93. The number of sulfonamides is 1. The molecule has 0 saturated carbocycles. The summed E-state index contributed by atoms with van der Waals surface area (Å²) < 4.78 is 33.5. The van der Waals surface area contributed by atoms with Crippen molar-refractivity contribution in [2.24, 2.45) is 0 Å². The van der Waals surface area contributed by atoms with Crippen molar-refractivity contribution in [3.8, 4) is 10.6 Å². The fraction of sp³-hybridized carbons (Fsp3) is 0.235. The second-order valence-corrected chi connectivity index (χ2v) is 8.39. The van der Waals surface area contributed by atoms with Crippen LogP contribution in [-0.2, 0) is 16.4 Å². The van der Waals surface area contributed by atoms with Gasteiger partial charge in [0.2, 0.25) is 0 Å². The van der Waals surface area contributed by atoms with Crippen LogP contribution in [0.5, 0.6) is 0 Å². The molecule has 126 valence electrons. The number of hydrogen-bond acceptors (Lipinski definition) is 5. The molecule has 0 atom stereocenters. The van der Waals surface area contributed by atoms with Gasteiger partial charge < -0.3 is 4.52 Å². The molecule has 0 aliphatic rings. The van der Waals surface area contributed by atoms with Gasteiger partial charge >= 0.3 is 0 Å². The molecule has 5 nitrogen and oxygen atoms in total. The summed E-state index contributed by atoms with van der Waals surface area (Å²) in [6.07, 6.45) is 0.754. The smallest absolute Gasteiger partial charge is 0.263 e. The van der Waals surface area contributed by atoms with E-state index in [1.165, 1.54) is 11.3 Å². The SMILES string of the molecule is CCc1ccccc1NS(=O)(=O)c1cc(-c2cc(C)no2)sc1C. The molecule has 2 heterocycles. The third-order valence-electron chi connectivity index (χ3n) is 3.68. The Morgan fingerprint density at radius 1 is 1.21 bits per heavy atom. The lowest BCUT2D eigenvalue weighted by atomic mass is 10.1. The van der Waals surface area contributed by atoms with Crippen molar-refractivity contribution in [2.45, 2.75) is 32.1 Å². The zero-order valence-electron chi connectivity index (χ0n) is 13.7. The van der Waals surface area contributed by atoms with E-state index < -0.39 is 10.0 Å². The number of hydrogen-bond donors (Lipinski definition) is 1. The van der Waals surface area contributed by atoms with Crippen LogP contribution < -0.4 is 4.72 Å². The van der Waals surface area contributed by atoms with E-state index in [0.717, 1.165) is 22.6 Å². The van der Waals surface area contributed by atoms with Crippen LogP contribution in [0.4, 0.5) is 5.69 Å². The van der Waals surface area contributed by atoms with E-state index in [-0.39, 0.29) is 4.90 Å². The molecule has 0 amide bonds. The van der Waals surface area contributed by atoms with Crippen LogP contribution in [0.25, 0.3) is 10.6 Å². The maximum absolute atomic E-state index is 12.8. The molecule has 0 saturated heterocycles. The Morgan fingerprint density at radius 2 is 1.96 bits per heavy atom. The van der Waals surface area contributed by atoms with Crippen molar-refractivity contribution >= 4 is 27.0 Å². The third kappa shape index (κ3) is 3.22. The summed E-state index contributed by atoms with van der Waals surface area (Å²) in [6, 6.07) is 10.8. The van der Waals surface area contributed by atoms with Crippen LogP contribution in [-0.4, -0.2) is 13.6 Å². The Labute approximate surface area is 145 Å². The fourth-order valence-electron chi connectivity index (χ4n) is 2.46. The first kappa shape index (κ1) is 16.7. The molecule has 0 aliphatic heterocycles. The largest absolute Gasteiger partial charge is 0.355 e. The third-order valence-corrected chi connectivity index (χ3v) is 6.36. The predicted octanol–water partition coefficient (Wildman–Crippen LogP) is 4.38. The average molecular weight is 362 g/mol. The van der Waals surface area contributed by atoms with Gasteiger partial charge in [-0.2, -0.15) is 0 Å². The van der Waals surface area contributed by atoms with E-state index >= 15 is 0 Å². The van der Waals surface area contributed by atoms with Gasteiger partial charge in [-0.05, 0) is 38.0 Å². The molecule has 3 aromatic rings. The van der Waals surface area contributed by atoms with Gasteiger partial charge in [0.05, 0.1) is 16.3 Å². The molecule has 0 unspecified atom stereocenters. The maximum atomic E-state index is 12.8. The molecule has 2 aromatic heterocycles. The number of anilines is 1. The Kier molecular flexibility index (Phi) is 4.47. The molecule has 0 radical (unpaired) electrons. The van der Waals surface area contributed by atoms with Crippen LogP contribution in [0.2, 0.25) is 0 Å². The normalized spacial score (nSPS) is 11.6. The van der Waals surface area contributed by atoms with Crippen molar-refractivity contribution in [1.29, 1.82) is 0 Å². The Morgan fingerprint density at radius 3 is 2.62 bits per heavy atom. The van der Waals surface area contributed by atoms with Crippen LogP contribution in [0.3, 0.4) is 0 Å². The van der Waals surface area contributed by atoms with E-state index in [9.17, 15) is 8.42 Å². The topological polar surface area (TPSA) is 72.2 Å². The van der Waals surface area contributed by atoms with Crippen molar-refractivity contribution in [1.82, 2.24) is 5.16 Å². The Balaban J connectivity index is 1.97. The number of nitrogens with zero attached hydrogens (tertiary/aromatic N) is 1. The van der Waals surface area contributed by atoms with Gasteiger partial charge in [0.25, 0.3) is 10.0 Å². The van der Waals surface area contributed by atoms with E-state index in [1.807, 2.05) is 32.0 Å². The summed E-state index contributed by atoms with van der Waals surface area (Å²) >= 11 is 1.38. The summed E-state index contributed by atoms with van der Waals surface area (Å²) in [6.45, 7) is 5.61. The summed E-state index contributed by atoms with van der Waals surface area (Å²) in [5, 5.41) is 3.85. The lowest BCUT2D eigenvalue weighted by Crippen LogP contribution is -2.14. The fourth-order valence-corrected chi connectivity index (χ4v) is 5.10. The highest BCUT2D eigenvalue weighted by atomic mass is 32.2. The number of thiophene rings is 1. The van der Waals surface area contributed by atoms with Crippen LogP contribution >= 0.6 is 11.3 Å². The minimum absolute atomic E-state index is 0.266. The molecule has 0 bridgehead atoms. The number of aryl methyl sites for hydroxylation is 3. The van der Waals surface area contributed by atoms with Gasteiger partial charge in [-0.25, -0.2) is 8.42 Å². The summed E-state index contributed by atoms with van der Waals surface area (Å²) in [5.41, 5.74) is 2.33. The Hall–Kier alpha value is -2.12. The quantitative estimate of drug-likeness (QED) is 0.731. The van der Waals surface area contributed by atoms with Gasteiger partial charge in [0.1, 0.15) is 4.90 Å². The highest BCUT2D eigenvalue weighted by Crippen LogP contribution is 2.34.